The number of para-hydroxylation sites is 4. The fraction of sp³-hybridized carbons (Fsp3) is 0. The van der Waals surface area contributed by atoms with Crippen molar-refractivity contribution in [3.63, 3.8) is 0 Å². The molecule has 0 radical (unpaired) electrons. The van der Waals surface area contributed by atoms with Crippen LogP contribution in [-0.4, -0.2) is 21.8 Å². The molecule has 384 valence electrons. The molecule has 0 fully saturated rings. The van der Waals surface area contributed by atoms with Gasteiger partial charge in [0.25, 0.3) is 0 Å². The summed E-state index contributed by atoms with van der Waals surface area (Å²) >= 11 is 0. The van der Waals surface area contributed by atoms with Crippen molar-refractivity contribution in [2.75, 3.05) is 0 Å². The van der Waals surface area contributed by atoms with E-state index in [0.29, 0.717) is 0 Å². The largest absolute Gasteiger partial charge is 0.309 e. The number of benzene rings is 13. The lowest BCUT2D eigenvalue weighted by Gasteiger charge is -2.34. The van der Waals surface area contributed by atoms with Gasteiger partial charge in [-0.2, -0.15) is 0 Å². The molecule has 4 heteroatoms. The highest BCUT2D eigenvalue weighted by atomic mass is 28.3. The monoisotopic (exact) mass is 1060 g/mol. The number of nitrogens with zero attached hydrogens (tertiary/aromatic N) is 3. The van der Waals surface area contributed by atoms with Crippen LogP contribution in [0.3, 0.4) is 0 Å². The summed E-state index contributed by atoms with van der Waals surface area (Å²) in [6.45, 7) is 0. The molecule has 0 aliphatic rings. The highest BCUT2D eigenvalue weighted by Gasteiger charge is 2.41. The summed E-state index contributed by atoms with van der Waals surface area (Å²) in [5.41, 5.74) is 17.4. The Hall–Kier alpha value is -10.5. The van der Waals surface area contributed by atoms with E-state index in [1.807, 2.05) is 0 Å². The van der Waals surface area contributed by atoms with Gasteiger partial charge in [-0.15, -0.1) is 0 Å². The Morgan fingerprint density at radius 2 is 0.561 bits per heavy atom. The molecule has 0 amide bonds. The van der Waals surface area contributed by atoms with Gasteiger partial charge in [0, 0.05) is 43.7 Å². The lowest BCUT2D eigenvalue weighted by molar-refractivity contribution is 1.13. The molecular weight excluding hydrogens is 1010 g/mol. The minimum absolute atomic E-state index is 1.09. The van der Waals surface area contributed by atoms with E-state index in [1.54, 1.807) is 0 Å². The smallest absolute Gasteiger partial charge is 0.179 e. The van der Waals surface area contributed by atoms with Crippen molar-refractivity contribution in [2.24, 2.45) is 0 Å². The van der Waals surface area contributed by atoms with Crippen molar-refractivity contribution in [3.05, 3.63) is 322 Å². The highest BCUT2D eigenvalue weighted by molar-refractivity contribution is 7.19. The molecule has 0 bridgehead atoms. The second-order valence-corrected chi connectivity index (χ2v) is 25.4. The second kappa shape index (κ2) is 19.4. The molecule has 0 aliphatic carbocycles. The molecule has 0 saturated heterocycles. The van der Waals surface area contributed by atoms with E-state index in [1.165, 1.54) is 97.4 Å². The van der Waals surface area contributed by atoms with Gasteiger partial charge in [-0.3, -0.25) is 0 Å². The van der Waals surface area contributed by atoms with Crippen LogP contribution in [0.25, 0.3) is 116 Å². The van der Waals surface area contributed by atoms with Gasteiger partial charge in [-0.25, -0.2) is 0 Å². The predicted molar refractivity (Wildman–Crippen MR) is 349 cm³/mol. The van der Waals surface area contributed by atoms with Crippen molar-refractivity contribution in [1.82, 2.24) is 13.7 Å². The Balaban J connectivity index is 0.887. The average Bonchev–Trinajstić information content (AvgIpc) is 4.40. The summed E-state index contributed by atoms with van der Waals surface area (Å²) in [4.78, 5) is 0. The molecule has 0 atom stereocenters. The Labute approximate surface area is 477 Å². The van der Waals surface area contributed by atoms with Crippen molar-refractivity contribution in [2.45, 2.75) is 0 Å². The van der Waals surface area contributed by atoms with Crippen LogP contribution in [0.1, 0.15) is 0 Å². The summed E-state index contributed by atoms with van der Waals surface area (Å²) in [5.74, 6) is 0. The number of hydrogen-bond acceptors (Lipinski definition) is 0. The van der Waals surface area contributed by atoms with Crippen molar-refractivity contribution in [1.29, 1.82) is 0 Å². The van der Waals surface area contributed by atoms with Gasteiger partial charge in [0.15, 0.2) is 8.07 Å². The minimum Gasteiger partial charge on any atom is -0.309 e. The first-order valence-electron chi connectivity index (χ1n) is 28.3. The lowest BCUT2D eigenvalue weighted by atomic mass is 9.99. The maximum atomic E-state index is 2.50. The summed E-state index contributed by atoms with van der Waals surface area (Å²) < 4.78 is 7.45. The molecule has 13 aromatic carbocycles. The van der Waals surface area contributed by atoms with Gasteiger partial charge < -0.3 is 13.7 Å². The van der Waals surface area contributed by atoms with Crippen LogP contribution >= 0.6 is 0 Å². The predicted octanol–water partition coefficient (Wildman–Crippen LogP) is 17.4. The molecule has 3 aromatic heterocycles. The van der Waals surface area contributed by atoms with Crippen LogP contribution in [0.5, 0.6) is 0 Å². The summed E-state index contributed by atoms with van der Waals surface area (Å²) in [6, 6.07) is 119. The van der Waals surface area contributed by atoms with E-state index in [9.17, 15) is 0 Å². The van der Waals surface area contributed by atoms with E-state index in [0.717, 1.165) is 39.2 Å². The van der Waals surface area contributed by atoms with Gasteiger partial charge in [0.05, 0.1) is 38.8 Å². The maximum Gasteiger partial charge on any atom is 0.179 e. The molecule has 82 heavy (non-hydrogen) atoms. The first kappa shape index (κ1) is 47.5. The third-order valence-corrected chi connectivity index (χ3v) is 21.9. The standard InChI is InChI=1S/C78H53N3Si/c1-5-23-54(24-6-1)58-47-48-75-70(52-58)68-35-15-19-39-73(68)81(75)77-42-22-41-76-78(77)69-36-16-20-40-74(69)80(76)61-50-59(49-60(53-61)79-71-37-17-13-33-66(71)67-34-14-18-38-72(67)79)56-45-43-55(44-46-56)57-25-21-32-65(51-57)82(62-26-7-2-8-27-62,63-28-9-3-10-29-63)64-30-11-4-12-31-64/h1-53H. The maximum absolute atomic E-state index is 2.74. The summed E-state index contributed by atoms with van der Waals surface area (Å²) in [7, 11) is -2.74. The molecule has 3 heterocycles. The lowest BCUT2D eigenvalue weighted by Crippen LogP contribution is -2.74. The van der Waals surface area contributed by atoms with Crippen LogP contribution in [0, 0.1) is 0 Å². The van der Waals surface area contributed by atoms with Crippen molar-refractivity contribution >= 4 is 94.2 Å². The Bertz CT molecular complexity index is 4920. The van der Waals surface area contributed by atoms with Gasteiger partial charge >= 0.3 is 0 Å². The number of fused-ring (bicyclic) bond motifs is 9. The van der Waals surface area contributed by atoms with Crippen LogP contribution in [0.2, 0.25) is 0 Å². The summed E-state index contributed by atoms with van der Waals surface area (Å²) in [5, 5.41) is 12.8. The van der Waals surface area contributed by atoms with Crippen LogP contribution in [0.4, 0.5) is 0 Å². The molecule has 16 aromatic rings. The molecule has 0 saturated carbocycles. The third kappa shape index (κ3) is 7.50. The number of hydrogen-bond donors (Lipinski definition) is 0. The SMILES string of the molecule is c1ccc(-c2ccc3c(c2)c2ccccc2n3-c2cccc3c2c2ccccc2n3-c2cc(-c3ccc(-c4cccc([Si](c5ccccc5)(c5ccccc5)c5ccccc5)c4)cc3)cc(-n3c4ccccc4c4ccccc43)c2)cc1. The van der Waals surface area contributed by atoms with Gasteiger partial charge in [-0.05, 0) is 121 Å². The van der Waals surface area contributed by atoms with Gasteiger partial charge in [0.2, 0.25) is 0 Å². The molecule has 16 rings (SSSR count). The Kier molecular flexibility index (Phi) is 11.2. The van der Waals surface area contributed by atoms with E-state index < -0.39 is 8.07 Å². The zero-order valence-electron chi connectivity index (χ0n) is 44.9. The second-order valence-electron chi connectivity index (χ2n) is 21.6. The molecule has 0 aliphatic heterocycles. The zero-order valence-corrected chi connectivity index (χ0v) is 45.9. The van der Waals surface area contributed by atoms with Crippen molar-refractivity contribution in [3.8, 4) is 50.4 Å². The first-order valence-corrected chi connectivity index (χ1v) is 30.3. The van der Waals surface area contributed by atoms with Gasteiger partial charge in [0.1, 0.15) is 0 Å². The molecular formula is C78H53N3Si. The summed E-state index contributed by atoms with van der Waals surface area (Å²) in [6.07, 6.45) is 0. The van der Waals surface area contributed by atoms with E-state index in [-0.39, 0.29) is 0 Å². The number of rotatable bonds is 10. The minimum atomic E-state index is -2.74. The van der Waals surface area contributed by atoms with E-state index >= 15 is 0 Å². The van der Waals surface area contributed by atoms with E-state index in [4.69, 9.17) is 0 Å². The third-order valence-electron chi connectivity index (χ3n) is 17.2. The van der Waals surface area contributed by atoms with E-state index in [2.05, 4.69) is 335 Å². The quantitative estimate of drug-likeness (QED) is 0.0958. The first-order chi connectivity index (χ1) is 40.7. The highest BCUT2D eigenvalue weighted by Crippen LogP contribution is 2.43. The topological polar surface area (TPSA) is 14.8 Å². The van der Waals surface area contributed by atoms with Crippen LogP contribution < -0.4 is 20.7 Å². The number of aromatic nitrogens is 3. The molecule has 0 spiro atoms. The Morgan fingerprint density at radius 3 is 1.13 bits per heavy atom. The van der Waals surface area contributed by atoms with Crippen molar-refractivity contribution < 1.29 is 0 Å². The normalized spacial score (nSPS) is 11.9. The zero-order chi connectivity index (χ0) is 54.1. The fourth-order valence-electron chi connectivity index (χ4n) is 13.6. The van der Waals surface area contributed by atoms with Crippen LogP contribution in [-0.2, 0) is 0 Å². The fourth-order valence-corrected chi connectivity index (χ4v) is 18.4. The van der Waals surface area contributed by atoms with Gasteiger partial charge in [-0.1, -0.05) is 255 Å². The molecule has 3 nitrogen and oxygen atoms in total. The average molecular weight is 1060 g/mol. The van der Waals surface area contributed by atoms with Crippen LogP contribution in [0.15, 0.2) is 322 Å². The molecule has 0 N–H and O–H groups in total. The Morgan fingerprint density at radius 1 is 0.195 bits per heavy atom. The molecule has 0 unspecified atom stereocenters.